The first-order valence-corrected chi connectivity index (χ1v) is 8.29. The monoisotopic (exact) mass is 487 g/mol. The molecule has 0 fully saturated rings. The van der Waals surface area contributed by atoms with E-state index in [2.05, 4.69) is 4.74 Å². The van der Waals surface area contributed by atoms with Crippen LogP contribution in [-0.4, -0.2) is 12.1 Å². The lowest BCUT2D eigenvalue weighted by Gasteiger charge is -2.25. The number of esters is 1. The zero-order valence-electron chi connectivity index (χ0n) is 12.4. The van der Waals surface area contributed by atoms with Crippen LogP contribution in [0.4, 0.5) is 17.6 Å². The van der Waals surface area contributed by atoms with Crippen LogP contribution >= 0.6 is 34.2 Å². The molecular formula is C16H11ClF4INO2. The standard InChI is InChI=1S/C16H11ClF4INO2/c17-9-3-6-11(12(18)7-9)13(23)14(25-15(24)16(19,20)21)8-1-4-10(22)5-2-8/h1-7,13-14H,23H2. The van der Waals surface area contributed by atoms with Gasteiger partial charge in [-0.3, -0.25) is 0 Å². The Morgan fingerprint density at radius 3 is 2.28 bits per heavy atom. The number of hydrogen-bond acceptors (Lipinski definition) is 3. The summed E-state index contributed by atoms with van der Waals surface area (Å²) in [5, 5.41) is 0.103. The van der Waals surface area contributed by atoms with Crippen LogP contribution in [0.1, 0.15) is 23.3 Å². The predicted octanol–water partition coefficient (Wildman–Crippen LogP) is 4.93. The Morgan fingerprint density at radius 1 is 1.16 bits per heavy atom. The summed E-state index contributed by atoms with van der Waals surface area (Å²) in [6.45, 7) is 0. The molecule has 2 rings (SSSR count). The molecule has 134 valence electrons. The number of ether oxygens (including phenoxy) is 1. The molecule has 2 N–H and O–H groups in total. The second-order valence-electron chi connectivity index (χ2n) is 5.07. The van der Waals surface area contributed by atoms with E-state index >= 15 is 0 Å². The first kappa shape index (κ1) is 19.9. The Bertz CT molecular complexity index is 768. The number of nitrogens with two attached hydrogens (primary N) is 1. The van der Waals surface area contributed by atoms with Crippen molar-refractivity contribution in [2.45, 2.75) is 18.3 Å². The van der Waals surface area contributed by atoms with E-state index in [9.17, 15) is 22.4 Å². The summed E-state index contributed by atoms with van der Waals surface area (Å²) in [5.74, 6) is -3.21. The van der Waals surface area contributed by atoms with Gasteiger partial charge in [-0.15, -0.1) is 0 Å². The molecule has 2 atom stereocenters. The lowest BCUT2D eigenvalue weighted by atomic mass is 9.96. The Balaban J connectivity index is 2.42. The van der Waals surface area contributed by atoms with Crippen LogP contribution in [0.5, 0.6) is 0 Å². The number of alkyl halides is 3. The first-order chi connectivity index (χ1) is 11.6. The molecule has 0 aliphatic heterocycles. The fourth-order valence-electron chi connectivity index (χ4n) is 2.12. The number of benzene rings is 2. The van der Waals surface area contributed by atoms with E-state index in [1.165, 1.54) is 24.3 Å². The summed E-state index contributed by atoms with van der Waals surface area (Å²) in [5.41, 5.74) is 6.01. The molecule has 0 bridgehead atoms. The van der Waals surface area contributed by atoms with Crippen molar-refractivity contribution in [1.29, 1.82) is 0 Å². The van der Waals surface area contributed by atoms with E-state index in [4.69, 9.17) is 17.3 Å². The van der Waals surface area contributed by atoms with Gasteiger partial charge in [-0.25, -0.2) is 9.18 Å². The Morgan fingerprint density at radius 2 is 1.76 bits per heavy atom. The average molecular weight is 488 g/mol. The zero-order valence-corrected chi connectivity index (χ0v) is 15.3. The highest BCUT2D eigenvalue weighted by Crippen LogP contribution is 2.34. The van der Waals surface area contributed by atoms with Gasteiger partial charge in [0.1, 0.15) is 11.9 Å². The van der Waals surface area contributed by atoms with Gasteiger partial charge < -0.3 is 10.5 Å². The summed E-state index contributed by atoms with van der Waals surface area (Å²) < 4.78 is 57.2. The molecule has 25 heavy (non-hydrogen) atoms. The molecule has 0 aromatic heterocycles. The van der Waals surface area contributed by atoms with Crippen molar-refractivity contribution in [3.63, 3.8) is 0 Å². The van der Waals surface area contributed by atoms with Gasteiger partial charge in [0.15, 0.2) is 0 Å². The van der Waals surface area contributed by atoms with Crippen molar-refractivity contribution in [3.05, 3.63) is 68.0 Å². The molecule has 0 saturated carbocycles. The van der Waals surface area contributed by atoms with Crippen LogP contribution in [0, 0.1) is 9.39 Å². The minimum atomic E-state index is -5.19. The summed E-state index contributed by atoms with van der Waals surface area (Å²) in [6.07, 6.45) is -6.72. The molecule has 3 nitrogen and oxygen atoms in total. The minimum Gasteiger partial charge on any atom is -0.449 e. The van der Waals surface area contributed by atoms with Gasteiger partial charge in [0.05, 0.1) is 6.04 Å². The van der Waals surface area contributed by atoms with E-state index in [1.54, 1.807) is 12.1 Å². The highest BCUT2D eigenvalue weighted by molar-refractivity contribution is 14.1. The predicted molar refractivity (Wildman–Crippen MR) is 92.4 cm³/mol. The van der Waals surface area contributed by atoms with Crippen LogP contribution in [0.2, 0.25) is 5.02 Å². The van der Waals surface area contributed by atoms with Crippen LogP contribution < -0.4 is 5.73 Å². The van der Waals surface area contributed by atoms with Crippen LogP contribution in [0.15, 0.2) is 42.5 Å². The zero-order chi connectivity index (χ0) is 18.8. The molecule has 2 aromatic rings. The SMILES string of the molecule is NC(c1ccc(Cl)cc1F)C(OC(=O)C(F)(F)F)c1ccc(I)cc1. The van der Waals surface area contributed by atoms with Crippen molar-refractivity contribution < 1.29 is 27.1 Å². The van der Waals surface area contributed by atoms with Gasteiger partial charge in [-0.2, -0.15) is 13.2 Å². The number of rotatable bonds is 4. The number of hydrogen-bond donors (Lipinski definition) is 1. The quantitative estimate of drug-likeness (QED) is 0.378. The van der Waals surface area contributed by atoms with Gasteiger partial charge >= 0.3 is 12.1 Å². The smallest absolute Gasteiger partial charge is 0.449 e. The summed E-state index contributed by atoms with van der Waals surface area (Å²) in [6, 6.07) is 8.34. The molecule has 2 aromatic carbocycles. The van der Waals surface area contributed by atoms with E-state index in [0.717, 1.165) is 9.64 Å². The molecule has 0 saturated heterocycles. The van der Waals surface area contributed by atoms with Crippen molar-refractivity contribution >= 4 is 40.2 Å². The van der Waals surface area contributed by atoms with Crippen LogP contribution in [-0.2, 0) is 9.53 Å². The van der Waals surface area contributed by atoms with Crippen LogP contribution in [0.25, 0.3) is 0 Å². The van der Waals surface area contributed by atoms with Crippen molar-refractivity contribution in [2.24, 2.45) is 5.73 Å². The maximum atomic E-state index is 14.1. The third kappa shape index (κ3) is 5.05. The normalized spacial score (nSPS) is 14.0. The van der Waals surface area contributed by atoms with E-state index in [0.29, 0.717) is 0 Å². The Hall–Kier alpha value is -1.39. The van der Waals surface area contributed by atoms with Gasteiger partial charge in [-0.05, 0) is 52.4 Å². The largest absolute Gasteiger partial charge is 0.490 e. The van der Waals surface area contributed by atoms with E-state index < -0.39 is 30.1 Å². The number of halogens is 6. The molecule has 0 aliphatic rings. The summed E-state index contributed by atoms with van der Waals surface area (Å²) >= 11 is 7.67. The lowest BCUT2D eigenvalue weighted by Crippen LogP contribution is -2.32. The second-order valence-corrected chi connectivity index (χ2v) is 6.75. The average Bonchev–Trinajstić information content (AvgIpc) is 2.52. The third-order valence-corrected chi connectivity index (χ3v) is 4.27. The van der Waals surface area contributed by atoms with Crippen molar-refractivity contribution in [3.8, 4) is 0 Å². The third-order valence-electron chi connectivity index (χ3n) is 3.31. The molecule has 0 radical (unpaired) electrons. The van der Waals surface area contributed by atoms with E-state index in [-0.39, 0.29) is 16.1 Å². The Kier molecular flexibility index (Phi) is 6.28. The maximum absolute atomic E-state index is 14.1. The van der Waals surface area contributed by atoms with Gasteiger partial charge in [0.2, 0.25) is 0 Å². The van der Waals surface area contributed by atoms with Gasteiger partial charge in [0.25, 0.3) is 0 Å². The van der Waals surface area contributed by atoms with Gasteiger partial charge in [-0.1, -0.05) is 29.8 Å². The lowest BCUT2D eigenvalue weighted by molar-refractivity contribution is -0.206. The van der Waals surface area contributed by atoms with Crippen molar-refractivity contribution in [2.75, 3.05) is 0 Å². The topological polar surface area (TPSA) is 52.3 Å². The fourth-order valence-corrected chi connectivity index (χ4v) is 2.64. The van der Waals surface area contributed by atoms with Crippen molar-refractivity contribution in [1.82, 2.24) is 0 Å². The number of carbonyl (C=O) groups is 1. The first-order valence-electron chi connectivity index (χ1n) is 6.83. The molecule has 0 heterocycles. The molecule has 0 spiro atoms. The number of carbonyl (C=O) groups excluding carboxylic acids is 1. The van der Waals surface area contributed by atoms with Gasteiger partial charge in [0, 0.05) is 14.2 Å². The second kappa shape index (κ2) is 7.88. The maximum Gasteiger partial charge on any atom is 0.490 e. The highest BCUT2D eigenvalue weighted by Gasteiger charge is 2.43. The minimum absolute atomic E-state index is 0.103. The molecular weight excluding hydrogens is 477 g/mol. The molecule has 9 heteroatoms. The summed E-state index contributed by atoms with van der Waals surface area (Å²) in [4.78, 5) is 11.3. The fraction of sp³-hybridized carbons (Fsp3) is 0.188. The van der Waals surface area contributed by atoms with E-state index in [1.807, 2.05) is 22.6 Å². The Labute approximate surface area is 159 Å². The van der Waals surface area contributed by atoms with Crippen LogP contribution in [0.3, 0.4) is 0 Å². The molecule has 0 aliphatic carbocycles. The summed E-state index contributed by atoms with van der Waals surface area (Å²) in [7, 11) is 0. The molecule has 0 amide bonds. The molecule has 2 unspecified atom stereocenters. The highest BCUT2D eigenvalue weighted by atomic mass is 127.